The summed E-state index contributed by atoms with van der Waals surface area (Å²) < 4.78 is 6.67. The molecule has 0 aliphatic carbocycles. The number of benzene rings is 2. The molecule has 0 bridgehead atoms. The number of carbonyl (C=O) groups is 1. The molecule has 116 valence electrons. The van der Waals surface area contributed by atoms with Crippen molar-refractivity contribution in [2.45, 2.75) is 20.3 Å². The predicted molar refractivity (Wildman–Crippen MR) is 93.5 cm³/mol. The van der Waals surface area contributed by atoms with Crippen LogP contribution in [0, 0.1) is 5.92 Å². The van der Waals surface area contributed by atoms with E-state index in [2.05, 4.69) is 35.1 Å². The van der Waals surface area contributed by atoms with Crippen LogP contribution in [0.3, 0.4) is 0 Å². The summed E-state index contributed by atoms with van der Waals surface area (Å²) in [5.74, 6) is 1.18. The largest absolute Gasteiger partial charge is 0.494 e. The van der Waals surface area contributed by atoms with Gasteiger partial charge in [0.1, 0.15) is 5.75 Å². The summed E-state index contributed by atoms with van der Waals surface area (Å²) in [5.41, 5.74) is 1.35. The summed E-state index contributed by atoms with van der Waals surface area (Å²) in [5, 5.41) is 2.87. The second-order valence-electron chi connectivity index (χ2n) is 5.52. The van der Waals surface area contributed by atoms with E-state index < -0.39 is 0 Å². The molecule has 0 fully saturated rings. The molecule has 0 heterocycles. The third kappa shape index (κ3) is 5.19. The summed E-state index contributed by atoms with van der Waals surface area (Å²) in [6.07, 6.45) is 0.995. The lowest BCUT2D eigenvalue weighted by Crippen LogP contribution is -2.12. The molecule has 2 aromatic carbocycles. The second-order valence-corrected chi connectivity index (χ2v) is 6.44. The lowest BCUT2D eigenvalue weighted by atomic mass is 10.1. The van der Waals surface area contributed by atoms with Gasteiger partial charge in [0.25, 0.3) is 5.91 Å². The summed E-state index contributed by atoms with van der Waals surface area (Å²) >= 11 is 3.37. The van der Waals surface area contributed by atoms with Crippen LogP contribution in [0.25, 0.3) is 0 Å². The molecule has 0 spiro atoms. The normalized spacial score (nSPS) is 10.5. The minimum atomic E-state index is -0.142. The van der Waals surface area contributed by atoms with Crippen LogP contribution in [0.15, 0.2) is 53.0 Å². The van der Waals surface area contributed by atoms with Crippen molar-refractivity contribution in [3.8, 4) is 5.75 Å². The minimum absolute atomic E-state index is 0.142. The van der Waals surface area contributed by atoms with Gasteiger partial charge in [0.15, 0.2) is 0 Å². The molecule has 0 saturated heterocycles. The smallest absolute Gasteiger partial charge is 0.255 e. The van der Waals surface area contributed by atoms with Gasteiger partial charge in [-0.25, -0.2) is 0 Å². The summed E-state index contributed by atoms with van der Waals surface area (Å²) in [6, 6.07) is 14.7. The maximum Gasteiger partial charge on any atom is 0.255 e. The topological polar surface area (TPSA) is 38.3 Å². The Morgan fingerprint density at radius 2 is 1.91 bits per heavy atom. The van der Waals surface area contributed by atoms with Crippen LogP contribution in [0.1, 0.15) is 30.6 Å². The highest BCUT2D eigenvalue weighted by Crippen LogP contribution is 2.18. The first-order valence-corrected chi connectivity index (χ1v) is 8.13. The van der Waals surface area contributed by atoms with E-state index in [1.165, 1.54) is 0 Å². The van der Waals surface area contributed by atoms with Crippen LogP contribution in [-0.2, 0) is 0 Å². The average Bonchev–Trinajstić information content (AvgIpc) is 2.49. The van der Waals surface area contributed by atoms with Gasteiger partial charge in [-0.2, -0.15) is 0 Å². The van der Waals surface area contributed by atoms with Crippen LogP contribution in [0.5, 0.6) is 5.75 Å². The van der Waals surface area contributed by atoms with Gasteiger partial charge in [0, 0.05) is 15.7 Å². The minimum Gasteiger partial charge on any atom is -0.494 e. The van der Waals surface area contributed by atoms with Gasteiger partial charge >= 0.3 is 0 Å². The molecule has 0 aromatic heterocycles. The molecule has 1 amide bonds. The zero-order valence-electron chi connectivity index (χ0n) is 12.8. The highest BCUT2D eigenvalue weighted by atomic mass is 79.9. The second kappa shape index (κ2) is 7.99. The number of rotatable bonds is 6. The maximum absolute atomic E-state index is 12.3. The van der Waals surface area contributed by atoms with Crippen molar-refractivity contribution < 1.29 is 9.53 Å². The summed E-state index contributed by atoms with van der Waals surface area (Å²) in [4.78, 5) is 12.3. The molecule has 0 unspecified atom stereocenters. The molecule has 0 atom stereocenters. The van der Waals surface area contributed by atoms with Gasteiger partial charge in [-0.1, -0.05) is 35.8 Å². The molecular formula is C18H20BrNO2. The Morgan fingerprint density at radius 1 is 1.18 bits per heavy atom. The first-order valence-electron chi connectivity index (χ1n) is 7.34. The van der Waals surface area contributed by atoms with Gasteiger partial charge in [0.05, 0.1) is 6.61 Å². The van der Waals surface area contributed by atoms with Crippen molar-refractivity contribution in [1.82, 2.24) is 0 Å². The molecular weight excluding hydrogens is 342 g/mol. The third-order valence-electron chi connectivity index (χ3n) is 3.16. The highest BCUT2D eigenvalue weighted by molar-refractivity contribution is 9.10. The van der Waals surface area contributed by atoms with Gasteiger partial charge in [-0.05, 0) is 54.8 Å². The van der Waals surface area contributed by atoms with E-state index >= 15 is 0 Å². The number of carbonyl (C=O) groups excluding carboxylic acids is 1. The number of hydrogen-bond acceptors (Lipinski definition) is 2. The van der Waals surface area contributed by atoms with E-state index in [0.29, 0.717) is 18.1 Å². The van der Waals surface area contributed by atoms with E-state index in [1.807, 2.05) is 36.4 Å². The Hall–Kier alpha value is -1.81. The number of amides is 1. The molecule has 0 radical (unpaired) electrons. The molecule has 1 N–H and O–H groups in total. The summed E-state index contributed by atoms with van der Waals surface area (Å²) in [6.45, 7) is 4.98. The Balaban J connectivity index is 1.99. The SMILES string of the molecule is CC(C)CCOc1cccc(C(=O)Nc2ccc(Br)cc2)c1. The van der Waals surface area contributed by atoms with Gasteiger partial charge in [0.2, 0.25) is 0 Å². The number of nitrogens with one attached hydrogen (secondary N) is 1. The molecule has 0 aliphatic heterocycles. The van der Waals surface area contributed by atoms with Crippen molar-refractivity contribution in [3.63, 3.8) is 0 Å². The van der Waals surface area contributed by atoms with Crippen LogP contribution in [0.2, 0.25) is 0 Å². The highest BCUT2D eigenvalue weighted by Gasteiger charge is 2.07. The molecule has 2 aromatic rings. The fourth-order valence-corrected chi connectivity index (χ4v) is 2.14. The third-order valence-corrected chi connectivity index (χ3v) is 3.69. The Kier molecular flexibility index (Phi) is 6.01. The monoisotopic (exact) mass is 361 g/mol. The van der Waals surface area contributed by atoms with Gasteiger partial charge < -0.3 is 10.1 Å². The van der Waals surface area contributed by atoms with Crippen molar-refractivity contribution in [2.24, 2.45) is 5.92 Å². The Morgan fingerprint density at radius 3 is 2.59 bits per heavy atom. The predicted octanol–water partition coefficient (Wildman–Crippen LogP) is 5.13. The van der Waals surface area contributed by atoms with E-state index in [-0.39, 0.29) is 5.91 Å². The van der Waals surface area contributed by atoms with Crippen LogP contribution in [0.4, 0.5) is 5.69 Å². The fourth-order valence-electron chi connectivity index (χ4n) is 1.88. The van der Waals surface area contributed by atoms with E-state index in [4.69, 9.17) is 4.74 Å². The Labute approximate surface area is 139 Å². The van der Waals surface area contributed by atoms with E-state index in [9.17, 15) is 4.79 Å². The average molecular weight is 362 g/mol. The first-order chi connectivity index (χ1) is 10.5. The molecule has 0 saturated carbocycles. The fraction of sp³-hybridized carbons (Fsp3) is 0.278. The first kappa shape index (κ1) is 16.6. The Bertz CT molecular complexity index is 623. The van der Waals surface area contributed by atoms with E-state index in [0.717, 1.165) is 22.3 Å². The van der Waals surface area contributed by atoms with E-state index in [1.54, 1.807) is 12.1 Å². The van der Waals surface area contributed by atoms with Crippen LogP contribution < -0.4 is 10.1 Å². The number of anilines is 1. The quantitative estimate of drug-likeness (QED) is 0.774. The lowest BCUT2D eigenvalue weighted by molar-refractivity contribution is 0.102. The molecule has 22 heavy (non-hydrogen) atoms. The van der Waals surface area contributed by atoms with Crippen molar-refractivity contribution in [2.75, 3.05) is 11.9 Å². The molecule has 3 nitrogen and oxygen atoms in total. The van der Waals surface area contributed by atoms with Gasteiger partial charge in [-0.15, -0.1) is 0 Å². The van der Waals surface area contributed by atoms with Crippen LogP contribution >= 0.6 is 15.9 Å². The molecule has 0 aliphatic rings. The zero-order valence-corrected chi connectivity index (χ0v) is 14.4. The summed E-state index contributed by atoms with van der Waals surface area (Å²) in [7, 11) is 0. The zero-order chi connectivity index (χ0) is 15.9. The lowest BCUT2D eigenvalue weighted by Gasteiger charge is -2.10. The maximum atomic E-state index is 12.3. The molecule has 4 heteroatoms. The van der Waals surface area contributed by atoms with Crippen molar-refractivity contribution in [1.29, 1.82) is 0 Å². The number of hydrogen-bond donors (Lipinski definition) is 1. The standard InChI is InChI=1S/C18H20BrNO2/c1-13(2)10-11-22-17-5-3-4-14(12-17)18(21)20-16-8-6-15(19)7-9-16/h3-9,12-13H,10-11H2,1-2H3,(H,20,21). The van der Waals surface area contributed by atoms with Crippen molar-refractivity contribution in [3.05, 3.63) is 58.6 Å². The van der Waals surface area contributed by atoms with Crippen LogP contribution in [-0.4, -0.2) is 12.5 Å². The van der Waals surface area contributed by atoms with Crippen molar-refractivity contribution >= 4 is 27.5 Å². The van der Waals surface area contributed by atoms with Gasteiger partial charge in [-0.3, -0.25) is 4.79 Å². The molecule has 2 rings (SSSR count). The number of halogens is 1. The number of ether oxygens (including phenoxy) is 1.